The van der Waals surface area contributed by atoms with E-state index in [4.69, 9.17) is 18.3 Å². The van der Waals surface area contributed by atoms with Gasteiger partial charge in [0.1, 0.15) is 18.0 Å². The summed E-state index contributed by atoms with van der Waals surface area (Å²) in [6, 6.07) is 11.6. The van der Waals surface area contributed by atoms with Crippen LogP contribution in [0.3, 0.4) is 0 Å². The molecule has 0 aliphatic rings. The fraction of sp³-hybridized carbons (Fsp3) is 0.240. The summed E-state index contributed by atoms with van der Waals surface area (Å²) in [6.45, 7) is 6.07. The average Bonchev–Trinajstić information content (AvgIpc) is 3.41. The van der Waals surface area contributed by atoms with Gasteiger partial charge < -0.3 is 22.9 Å². The van der Waals surface area contributed by atoms with E-state index in [0.717, 1.165) is 17.1 Å². The number of furan rings is 1. The predicted octanol–water partition coefficient (Wildman–Crippen LogP) is 4.78. The highest BCUT2D eigenvalue weighted by molar-refractivity contribution is 5.92. The maximum absolute atomic E-state index is 12.8. The number of rotatable bonds is 7. The molecule has 0 saturated heterocycles. The molecule has 1 amide bonds. The number of carbonyl (C=O) groups excluding carboxylic acids is 2. The van der Waals surface area contributed by atoms with Gasteiger partial charge in [-0.05, 0) is 51.1 Å². The molecule has 9 nitrogen and oxygen atoms in total. The van der Waals surface area contributed by atoms with Crippen LogP contribution >= 0.6 is 0 Å². The van der Waals surface area contributed by atoms with Crippen LogP contribution in [0.1, 0.15) is 40.0 Å². The van der Waals surface area contributed by atoms with Crippen LogP contribution in [0.15, 0.2) is 62.4 Å². The number of aromatic nitrogens is 1. The Labute approximate surface area is 194 Å². The van der Waals surface area contributed by atoms with Crippen LogP contribution in [0.4, 0.5) is 10.5 Å². The van der Waals surface area contributed by atoms with Crippen LogP contribution in [0.5, 0.6) is 0 Å². The number of fused-ring (bicyclic) bond motifs is 1. The van der Waals surface area contributed by atoms with Crippen molar-refractivity contribution in [1.29, 1.82) is 0 Å². The van der Waals surface area contributed by atoms with Crippen LogP contribution in [-0.2, 0) is 22.6 Å². The number of hydrogen-bond donors (Lipinski definition) is 1. The maximum atomic E-state index is 12.8. The fourth-order valence-electron chi connectivity index (χ4n) is 3.74. The molecule has 0 bridgehead atoms. The highest BCUT2D eigenvalue weighted by atomic mass is 16.5. The van der Waals surface area contributed by atoms with Gasteiger partial charge in [0.25, 0.3) is 0 Å². The average molecular weight is 464 g/mol. The van der Waals surface area contributed by atoms with Crippen LogP contribution in [-0.4, -0.2) is 23.2 Å². The number of carbonyl (C=O) groups is 2. The number of anilines is 1. The smallest absolute Gasteiger partial charge is 0.411 e. The first-order valence-electron chi connectivity index (χ1n) is 10.7. The Hall–Kier alpha value is -4.27. The SMILES string of the molecule is CCOC(=O)Nc1ccc2c(COC(=O)c3cc(C)n(Cc4ccco4)c3C)cc(=O)oc2c1. The highest BCUT2D eigenvalue weighted by Gasteiger charge is 2.19. The number of nitrogens with one attached hydrogen (secondary N) is 1. The minimum Gasteiger partial charge on any atom is -0.467 e. The Kier molecular flexibility index (Phi) is 6.53. The van der Waals surface area contributed by atoms with Crippen molar-refractivity contribution in [3.8, 4) is 0 Å². The Morgan fingerprint density at radius 3 is 2.65 bits per heavy atom. The molecule has 0 spiro atoms. The second kappa shape index (κ2) is 9.70. The van der Waals surface area contributed by atoms with Gasteiger partial charge in [-0.15, -0.1) is 0 Å². The van der Waals surface area contributed by atoms with Crippen LogP contribution in [0.25, 0.3) is 11.0 Å². The summed E-state index contributed by atoms with van der Waals surface area (Å²) >= 11 is 0. The van der Waals surface area contributed by atoms with Gasteiger partial charge in [0.05, 0.1) is 25.0 Å². The molecule has 4 rings (SSSR count). The van der Waals surface area contributed by atoms with Gasteiger partial charge in [0.2, 0.25) is 0 Å². The van der Waals surface area contributed by atoms with E-state index in [1.54, 1.807) is 31.4 Å². The quantitative estimate of drug-likeness (QED) is 0.309. The molecule has 3 heterocycles. The van der Waals surface area contributed by atoms with Crippen LogP contribution in [0, 0.1) is 13.8 Å². The van der Waals surface area contributed by atoms with E-state index in [-0.39, 0.29) is 18.8 Å². The third-order valence-electron chi connectivity index (χ3n) is 5.40. The predicted molar refractivity (Wildman–Crippen MR) is 124 cm³/mol. The summed E-state index contributed by atoms with van der Waals surface area (Å²) in [4.78, 5) is 36.6. The number of esters is 1. The van der Waals surface area contributed by atoms with Gasteiger partial charge in [-0.2, -0.15) is 0 Å². The van der Waals surface area contributed by atoms with E-state index in [0.29, 0.717) is 28.7 Å². The number of nitrogens with zero attached hydrogens (tertiary/aromatic N) is 1. The minimum absolute atomic E-state index is 0.118. The Morgan fingerprint density at radius 2 is 1.91 bits per heavy atom. The first kappa shape index (κ1) is 22.9. The third-order valence-corrected chi connectivity index (χ3v) is 5.40. The number of hydrogen-bond acceptors (Lipinski definition) is 7. The molecule has 34 heavy (non-hydrogen) atoms. The molecule has 3 aromatic heterocycles. The van der Waals surface area contributed by atoms with E-state index in [9.17, 15) is 14.4 Å². The molecule has 0 fully saturated rings. The van der Waals surface area contributed by atoms with E-state index in [1.807, 2.05) is 30.5 Å². The number of benzene rings is 1. The van der Waals surface area contributed by atoms with Crippen molar-refractivity contribution in [1.82, 2.24) is 4.57 Å². The second-order valence-corrected chi connectivity index (χ2v) is 7.67. The number of amides is 1. The van der Waals surface area contributed by atoms with Crippen molar-refractivity contribution in [2.24, 2.45) is 0 Å². The molecule has 1 N–H and O–H groups in total. The van der Waals surface area contributed by atoms with Crippen molar-refractivity contribution in [2.75, 3.05) is 11.9 Å². The highest BCUT2D eigenvalue weighted by Crippen LogP contribution is 2.23. The lowest BCUT2D eigenvalue weighted by Crippen LogP contribution is -2.13. The summed E-state index contributed by atoms with van der Waals surface area (Å²) in [7, 11) is 0. The molecule has 0 atom stereocenters. The van der Waals surface area contributed by atoms with Crippen molar-refractivity contribution in [2.45, 2.75) is 33.9 Å². The molecule has 4 aromatic rings. The molecule has 0 radical (unpaired) electrons. The fourth-order valence-corrected chi connectivity index (χ4v) is 3.74. The van der Waals surface area contributed by atoms with Crippen LogP contribution in [0.2, 0.25) is 0 Å². The van der Waals surface area contributed by atoms with Gasteiger partial charge in [-0.3, -0.25) is 5.32 Å². The Bertz CT molecular complexity index is 1400. The summed E-state index contributed by atoms with van der Waals surface area (Å²) in [5.74, 6) is 0.279. The molecule has 1 aromatic carbocycles. The topological polar surface area (TPSA) is 113 Å². The van der Waals surface area contributed by atoms with Gasteiger partial charge in [-0.1, -0.05) is 0 Å². The Balaban J connectivity index is 1.52. The van der Waals surface area contributed by atoms with E-state index in [2.05, 4.69) is 5.32 Å². The van der Waals surface area contributed by atoms with Gasteiger partial charge in [-0.25, -0.2) is 14.4 Å². The zero-order chi connectivity index (χ0) is 24.2. The number of aryl methyl sites for hydroxylation is 1. The largest absolute Gasteiger partial charge is 0.467 e. The lowest BCUT2D eigenvalue weighted by Gasteiger charge is -2.10. The van der Waals surface area contributed by atoms with E-state index in [1.165, 1.54) is 12.1 Å². The van der Waals surface area contributed by atoms with Gasteiger partial charge >= 0.3 is 17.7 Å². The molecule has 0 aliphatic heterocycles. The van der Waals surface area contributed by atoms with E-state index >= 15 is 0 Å². The van der Waals surface area contributed by atoms with Gasteiger partial charge in [0, 0.05) is 40.2 Å². The molecular weight excluding hydrogens is 440 g/mol. The molecule has 0 aliphatic carbocycles. The normalized spacial score (nSPS) is 10.9. The Morgan fingerprint density at radius 1 is 1.09 bits per heavy atom. The standard InChI is InChI=1S/C25H24N2O7/c1-4-31-25(30)26-18-7-8-20-17(11-23(28)34-22(20)12-18)14-33-24(29)21-10-15(2)27(16(21)3)13-19-6-5-9-32-19/h5-12H,4,13-14H2,1-3H3,(H,26,30). The molecule has 0 saturated carbocycles. The maximum Gasteiger partial charge on any atom is 0.411 e. The van der Waals surface area contributed by atoms with Crippen molar-refractivity contribution in [3.63, 3.8) is 0 Å². The number of ether oxygens (including phenoxy) is 2. The van der Waals surface area contributed by atoms with E-state index < -0.39 is 17.7 Å². The first-order chi connectivity index (χ1) is 16.4. The summed E-state index contributed by atoms with van der Waals surface area (Å²) in [5.41, 5.74) is 2.66. The minimum atomic E-state index is -0.612. The van der Waals surface area contributed by atoms with Crippen molar-refractivity contribution < 1.29 is 27.9 Å². The summed E-state index contributed by atoms with van der Waals surface area (Å²) in [6.07, 6.45) is 0.994. The third kappa shape index (κ3) is 4.88. The molecule has 176 valence electrons. The van der Waals surface area contributed by atoms with Crippen LogP contribution < -0.4 is 10.9 Å². The molecule has 9 heteroatoms. The lowest BCUT2D eigenvalue weighted by atomic mass is 10.1. The first-order valence-corrected chi connectivity index (χ1v) is 10.7. The monoisotopic (exact) mass is 464 g/mol. The van der Waals surface area contributed by atoms with Crippen molar-refractivity contribution in [3.05, 3.63) is 87.4 Å². The zero-order valence-corrected chi connectivity index (χ0v) is 19.0. The molecular formula is C25H24N2O7. The van der Waals surface area contributed by atoms with Crippen molar-refractivity contribution >= 4 is 28.7 Å². The lowest BCUT2D eigenvalue weighted by molar-refractivity contribution is 0.0472. The van der Waals surface area contributed by atoms with Gasteiger partial charge in [0.15, 0.2) is 0 Å². The summed E-state index contributed by atoms with van der Waals surface area (Å²) in [5, 5.41) is 3.15. The zero-order valence-electron chi connectivity index (χ0n) is 19.0. The summed E-state index contributed by atoms with van der Waals surface area (Å²) < 4.78 is 23.0. The second-order valence-electron chi connectivity index (χ2n) is 7.67. The molecule has 0 unspecified atom stereocenters.